The first kappa shape index (κ1) is 16.4. The van der Waals surface area contributed by atoms with Crippen LogP contribution in [0.1, 0.15) is 46.5 Å². The molecule has 1 atom stereocenters. The molecule has 0 aliphatic rings. The van der Waals surface area contributed by atoms with Crippen LogP contribution >= 0.6 is 0 Å². The van der Waals surface area contributed by atoms with E-state index >= 15 is 0 Å². The molecule has 17 heavy (non-hydrogen) atoms. The van der Waals surface area contributed by atoms with Gasteiger partial charge in [0.25, 0.3) is 0 Å². The summed E-state index contributed by atoms with van der Waals surface area (Å²) in [5.74, 6) is 0.334. The minimum absolute atomic E-state index is 0.00944. The normalized spacial score (nSPS) is 12.8. The van der Waals surface area contributed by atoms with Gasteiger partial charge in [-0.25, -0.2) is 0 Å². The molecular weight excluding hydrogens is 216 g/mol. The molecule has 0 spiro atoms. The summed E-state index contributed by atoms with van der Waals surface area (Å²) < 4.78 is 0. The third-order valence-electron chi connectivity index (χ3n) is 3.08. The van der Waals surface area contributed by atoms with Crippen LogP contribution in [0.3, 0.4) is 0 Å². The summed E-state index contributed by atoms with van der Waals surface area (Å²) in [5, 5.41) is 15.7. The van der Waals surface area contributed by atoms with Gasteiger partial charge in [0, 0.05) is 13.1 Å². The molecule has 1 unspecified atom stereocenters. The van der Waals surface area contributed by atoms with E-state index in [4.69, 9.17) is 0 Å². The summed E-state index contributed by atoms with van der Waals surface area (Å²) in [6, 6.07) is 0. The maximum Gasteiger partial charge on any atom is 0.233 e. The van der Waals surface area contributed by atoms with Gasteiger partial charge >= 0.3 is 0 Å². The molecule has 0 saturated heterocycles. The minimum atomic E-state index is -0.353. The van der Waals surface area contributed by atoms with Gasteiger partial charge < -0.3 is 15.7 Å². The van der Waals surface area contributed by atoms with Gasteiger partial charge in [-0.15, -0.1) is 0 Å². The molecule has 0 fully saturated rings. The fraction of sp³-hybridized carbons (Fsp3) is 0.923. The van der Waals surface area contributed by atoms with Crippen molar-refractivity contribution in [2.75, 3.05) is 19.6 Å². The Bertz CT molecular complexity index is 194. The van der Waals surface area contributed by atoms with Crippen LogP contribution in [0.4, 0.5) is 0 Å². The predicted octanol–water partition coefficient (Wildman–Crippen LogP) is 1.29. The van der Waals surface area contributed by atoms with Crippen LogP contribution in [0.15, 0.2) is 0 Å². The predicted molar refractivity (Wildman–Crippen MR) is 70.9 cm³/mol. The van der Waals surface area contributed by atoms with Crippen molar-refractivity contribution in [3.63, 3.8) is 0 Å². The third kappa shape index (κ3) is 8.16. The average Bonchev–Trinajstić information content (AvgIpc) is 2.31. The zero-order chi connectivity index (χ0) is 13.1. The highest BCUT2D eigenvalue weighted by molar-refractivity contribution is 5.77. The average molecular weight is 244 g/mol. The summed E-state index contributed by atoms with van der Waals surface area (Å²) in [7, 11) is 0. The Labute approximate surface area is 105 Å². The van der Waals surface area contributed by atoms with Gasteiger partial charge in [0.05, 0.1) is 12.6 Å². The van der Waals surface area contributed by atoms with Gasteiger partial charge in [-0.2, -0.15) is 0 Å². The number of rotatable bonds is 10. The maximum atomic E-state index is 11.4. The summed E-state index contributed by atoms with van der Waals surface area (Å²) in [6.07, 6.45) is 3.70. The van der Waals surface area contributed by atoms with Crippen LogP contribution in [0, 0.1) is 5.92 Å². The number of aliphatic hydroxyl groups is 1. The molecular formula is C13H28N2O2. The Balaban J connectivity index is 3.58. The lowest BCUT2D eigenvalue weighted by molar-refractivity contribution is -0.120. The van der Waals surface area contributed by atoms with Crippen LogP contribution in [0.5, 0.6) is 0 Å². The Hall–Kier alpha value is -0.610. The first-order valence-electron chi connectivity index (χ1n) is 6.81. The number of hydrogen-bond acceptors (Lipinski definition) is 3. The highest BCUT2D eigenvalue weighted by Gasteiger charge is 2.14. The van der Waals surface area contributed by atoms with Crippen LogP contribution in [0.2, 0.25) is 0 Å². The number of amides is 1. The summed E-state index contributed by atoms with van der Waals surface area (Å²) in [5.41, 5.74) is 0. The first-order chi connectivity index (χ1) is 8.15. The highest BCUT2D eigenvalue weighted by Crippen LogP contribution is 2.11. The lowest BCUT2D eigenvalue weighted by Gasteiger charge is -2.20. The van der Waals surface area contributed by atoms with Gasteiger partial charge in [0.1, 0.15) is 0 Å². The summed E-state index contributed by atoms with van der Waals surface area (Å²) >= 11 is 0. The Kier molecular flexibility index (Phi) is 10.2. The first-order valence-corrected chi connectivity index (χ1v) is 6.81. The van der Waals surface area contributed by atoms with Crippen LogP contribution in [-0.4, -0.2) is 36.8 Å². The minimum Gasteiger partial charge on any atom is -0.392 e. The topological polar surface area (TPSA) is 61.4 Å². The van der Waals surface area contributed by atoms with Crippen LogP contribution in [-0.2, 0) is 4.79 Å². The van der Waals surface area contributed by atoms with Crippen molar-refractivity contribution in [3.8, 4) is 0 Å². The Morgan fingerprint density at radius 1 is 1.24 bits per heavy atom. The molecule has 0 aliphatic carbocycles. The van der Waals surface area contributed by atoms with E-state index in [2.05, 4.69) is 31.4 Å². The molecule has 0 rings (SSSR count). The van der Waals surface area contributed by atoms with Crippen LogP contribution in [0.25, 0.3) is 0 Å². The van der Waals surface area contributed by atoms with E-state index in [9.17, 15) is 9.90 Å². The molecule has 0 heterocycles. The SMILES string of the molecule is CCCCNC(=O)CNCC(O)C(CC)CC. The van der Waals surface area contributed by atoms with E-state index in [1.54, 1.807) is 0 Å². The van der Waals surface area contributed by atoms with E-state index in [1.165, 1.54) is 0 Å². The molecule has 0 aromatic carbocycles. The van der Waals surface area contributed by atoms with E-state index in [0.717, 1.165) is 32.2 Å². The second-order valence-corrected chi connectivity index (χ2v) is 4.48. The van der Waals surface area contributed by atoms with E-state index < -0.39 is 0 Å². The van der Waals surface area contributed by atoms with E-state index in [0.29, 0.717) is 19.0 Å². The second-order valence-electron chi connectivity index (χ2n) is 4.48. The molecule has 0 bridgehead atoms. The zero-order valence-electron chi connectivity index (χ0n) is 11.5. The van der Waals surface area contributed by atoms with Crippen molar-refractivity contribution in [2.45, 2.75) is 52.6 Å². The largest absolute Gasteiger partial charge is 0.392 e. The number of hydrogen-bond donors (Lipinski definition) is 3. The Morgan fingerprint density at radius 2 is 1.88 bits per heavy atom. The molecule has 3 N–H and O–H groups in total. The highest BCUT2D eigenvalue weighted by atomic mass is 16.3. The Morgan fingerprint density at radius 3 is 2.41 bits per heavy atom. The molecule has 0 aromatic rings. The summed E-state index contributed by atoms with van der Waals surface area (Å²) in [4.78, 5) is 11.4. The molecule has 0 aromatic heterocycles. The number of nitrogens with one attached hydrogen (secondary N) is 2. The second kappa shape index (κ2) is 10.5. The van der Waals surface area contributed by atoms with Crippen molar-refractivity contribution >= 4 is 5.91 Å². The fourth-order valence-electron chi connectivity index (χ4n) is 1.80. The molecule has 0 radical (unpaired) electrons. The number of unbranched alkanes of at least 4 members (excludes halogenated alkanes) is 1. The van der Waals surface area contributed by atoms with E-state index in [1.807, 2.05) is 0 Å². The maximum absolute atomic E-state index is 11.4. The van der Waals surface area contributed by atoms with Crippen molar-refractivity contribution in [1.29, 1.82) is 0 Å². The molecule has 0 saturated carbocycles. The van der Waals surface area contributed by atoms with Gasteiger partial charge in [0.15, 0.2) is 0 Å². The lowest BCUT2D eigenvalue weighted by atomic mass is 9.97. The standard InChI is InChI=1S/C13H28N2O2/c1-4-7-8-15-13(17)10-14-9-12(16)11(5-2)6-3/h11-12,14,16H,4-10H2,1-3H3,(H,15,17). The number of carbonyl (C=O) groups is 1. The molecule has 0 aliphatic heterocycles. The molecule has 4 heteroatoms. The lowest BCUT2D eigenvalue weighted by Crippen LogP contribution is -2.39. The summed E-state index contributed by atoms with van der Waals surface area (Å²) in [6.45, 7) is 7.78. The zero-order valence-corrected chi connectivity index (χ0v) is 11.5. The van der Waals surface area contributed by atoms with E-state index in [-0.39, 0.29) is 12.0 Å². The number of carbonyl (C=O) groups excluding carboxylic acids is 1. The fourth-order valence-corrected chi connectivity index (χ4v) is 1.80. The van der Waals surface area contributed by atoms with Gasteiger partial charge in [0.2, 0.25) is 5.91 Å². The van der Waals surface area contributed by atoms with Crippen molar-refractivity contribution < 1.29 is 9.90 Å². The number of aliphatic hydroxyl groups excluding tert-OH is 1. The van der Waals surface area contributed by atoms with Crippen molar-refractivity contribution in [1.82, 2.24) is 10.6 Å². The quantitative estimate of drug-likeness (QED) is 0.507. The van der Waals surface area contributed by atoms with Gasteiger partial charge in [-0.1, -0.05) is 40.0 Å². The molecule has 1 amide bonds. The molecule has 102 valence electrons. The van der Waals surface area contributed by atoms with Crippen molar-refractivity contribution in [3.05, 3.63) is 0 Å². The monoisotopic (exact) mass is 244 g/mol. The van der Waals surface area contributed by atoms with Gasteiger partial charge in [-0.05, 0) is 12.3 Å². The van der Waals surface area contributed by atoms with Crippen molar-refractivity contribution in [2.24, 2.45) is 5.92 Å². The third-order valence-corrected chi connectivity index (χ3v) is 3.08. The molecule has 4 nitrogen and oxygen atoms in total. The smallest absolute Gasteiger partial charge is 0.233 e. The van der Waals surface area contributed by atoms with Crippen LogP contribution < -0.4 is 10.6 Å². The van der Waals surface area contributed by atoms with Gasteiger partial charge in [-0.3, -0.25) is 4.79 Å².